The van der Waals surface area contributed by atoms with Crippen molar-refractivity contribution < 1.29 is 18.3 Å². The predicted molar refractivity (Wildman–Crippen MR) is 82.1 cm³/mol. The molecule has 5 nitrogen and oxygen atoms in total. The molecule has 1 saturated carbocycles. The summed E-state index contributed by atoms with van der Waals surface area (Å²) >= 11 is 0. The number of carboxylic acids is 1. The molecule has 0 bridgehead atoms. The molecule has 3 rings (SSSR count). The summed E-state index contributed by atoms with van der Waals surface area (Å²) in [6, 6.07) is 7.06. The van der Waals surface area contributed by atoms with Crippen LogP contribution in [0.4, 0.5) is 0 Å². The first-order chi connectivity index (χ1) is 10.4. The molecule has 2 atom stereocenters. The first kappa shape index (κ1) is 15.5. The van der Waals surface area contributed by atoms with Crippen molar-refractivity contribution in [3.8, 4) is 0 Å². The zero-order chi connectivity index (χ0) is 15.9. The van der Waals surface area contributed by atoms with Crippen LogP contribution in [0.15, 0.2) is 29.2 Å². The summed E-state index contributed by atoms with van der Waals surface area (Å²) in [5, 5.41) is 9.19. The van der Waals surface area contributed by atoms with Gasteiger partial charge in [-0.2, -0.15) is 4.31 Å². The predicted octanol–water partition coefficient (Wildman–Crippen LogP) is 2.30. The average Bonchev–Trinajstić information content (AvgIpc) is 3.31. The molecule has 0 radical (unpaired) electrons. The smallest absolute Gasteiger partial charge is 0.307 e. The molecule has 1 aliphatic carbocycles. The lowest BCUT2D eigenvalue weighted by Crippen LogP contribution is -2.45. The minimum atomic E-state index is -3.61. The van der Waals surface area contributed by atoms with Gasteiger partial charge in [0, 0.05) is 13.1 Å². The molecule has 1 aromatic carbocycles. The van der Waals surface area contributed by atoms with E-state index in [1.165, 1.54) is 22.7 Å². The van der Waals surface area contributed by atoms with E-state index >= 15 is 0 Å². The Kier molecular flexibility index (Phi) is 3.99. The number of sulfonamides is 1. The van der Waals surface area contributed by atoms with Crippen molar-refractivity contribution in [2.24, 2.45) is 11.8 Å². The Morgan fingerprint density at radius 2 is 1.82 bits per heavy atom. The number of hydrogen-bond donors (Lipinski definition) is 1. The van der Waals surface area contributed by atoms with Gasteiger partial charge >= 0.3 is 5.97 Å². The standard InChI is InChI=1S/C16H21NO4S/c1-11-8-14(16(18)19)10-17(9-11)22(20,21)15-6-4-13(5-7-15)12-2-3-12/h4-7,11-12,14H,2-3,8-10H2,1H3,(H,18,19). The van der Waals surface area contributed by atoms with Gasteiger partial charge in [0.15, 0.2) is 0 Å². The van der Waals surface area contributed by atoms with Gasteiger partial charge in [0.2, 0.25) is 10.0 Å². The number of carboxylic acid groups (broad SMARTS) is 1. The minimum Gasteiger partial charge on any atom is -0.481 e. The molecule has 0 amide bonds. The second kappa shape index (κ2) is 5.66. The SMILES string of the molecule is CC1CC(C(=O)O)CN(S(=O)(=O)c2ccc(C3CC3)cc2)C1. The van der Waals surface area contributed by atoms with E-state index in [9.17, 15) is 18.3 Å². The molecule has 1 heterocycles. The molecule has 22 heavy (non-hydrogen) atoms. The molecule has 2 aliphatic rings. The highest BCUT2D eigenvalue weighted by Crippen LogP contribution is 2.40. The summed E-state index contributed by atoms with van der Waals surface area (Å²) < 4.78 is 26.8. The van der Waals surface area contributed by atoms with Crippen molar-refractivity contribution in [1.29, 1.82) is 0 Å². The van der Waals surface area contributed by atoms with E-state index in [2.05, 4.69) is 0 Å². The maximum atomic E-state index is 12.7. The van der Waals surface area contributed by atoms with Crippen molar-refractivity contribution in [3.05, 3.63) is 29.8 Å². The van der Waals surface area contributed by atoms with Crippen LogP contribution >= 0.6 is 0 Å². The van der Waals surface area contributed by atoms with Crippen LogP contribution in [0.2, 0.25) is 0 Å². The van der Waals surface area contributed by atoms with Gasteiger partial charge in [0.1, 0.15) is 0 Å². The van der Waals surface area contributed by atoms with Crippen LogP contribution in [0, 0.1) is 11.8 Å². The fourth-order valence-electron chi connectivity index (χ4n) is 3.16. The molecule has 2 fully saturated rings. The van der Waals surface area contributed by atoms with Gasteiger partial charge in [-0.05, 0) is 48.8 Å². The number of nitrogens with zero attached hydrogens (tertiary/aromatic N) is 1. The highest BCUT2D eigenvalue weighted by molar-refractivity contribution is 7.89. The number of benzene rings is 1. The zero-order valence-corrected chi connectivity index (χ0v) is 13.4. The van der Waals surface area contributed by atoms with Crippen LogP contribution in [0.5, 0.6) is 0 Å². The van der Waals surface area contributed by atoms with Crippen LogP contribution in [-0.2, 0) is 14.8 Å². The fraction of sp³-hybridized carbons (Fsp3) is 0.562. The summed E-state index contributed by atoms with van der Waals surface area (Å²) in [6.07, 6.45) is 2.88. The molecular formula is C16H21NO4S. The van der Waals surface area contributed by atoms with Crippen molar-refractivity contribution in [2.75, 3.05) is 13.1 Å². The molecule has 1 aromatic rings. The summed E-state index contributed by atoms with van der Waals surface area (Å²) in [6.45, 7) is 2.34. The van der Waals surface area contributed by atoms with E-state index < -0.39 is 21.9 Å². The van der Waals surface area contributed by atoms with Crippen LogP contribution in [0.1, 0.15) is 37.7 Å². The Morgan fingerprint density at radius 3 is 2.36 bits per heavy atom. The van der Waals surface area contributed by atoms with Crippen LogP contribution < -0.4 is 0 Å². The van der Waals surface area contributed by atoms with Gasteiger partial charge in [-0.15, -0.1) is 0 Å². The third-order valence-corrected chi connectivity index (χ3v) is 6.39. The van der Waals surface area contributed by atoms with Gasteiger partial charge in [-0.1, -0.05) is 19.1 Å². The van der Waals surface area contributed by atoms with E-state index in [0.717, 1.165) is 0 Å². The second-order valence-corrected chi connectivity index (χ2v) is 8.48. The number of piperidine rings is 1. The van der Waals surface area contributed by atoms with E-state index in [1.54, 1.807) is 12.1 Å². The highest BCUT2D eigenvalue weighted by Gasteiger charge is 2.36. The van der Waals surface area contributed by atoms with Gasteiger partial charge in [0.25, 0.3) is 0 Å². The Bertz CT molecular complexity index is 664. The summed E-state index contributed by atoms with van der Waals surface area (Å²) in [7, 11) is -3.61. The lowest BCUT2D eigenvalue weighted by Gasteiger charge is -2.33. The molecule has 120 valence electrons. The molecule has 1 N–H and O–H groups in total. The third-order valence-electron chi connectivity index (χ3n) is 4.54. The van der Waals surface area contributed by atoms with Gasteiger partial charge in [-0.25, -0.2) is 8.42 Å². The van der Waals surface area contributed by atoms with E-state index in [-0.39, 0.29) is 17.4 Å². The molecule has 1 saturated heterocycles. The molecule has 2 unspecified atom stereocenters. The first-order valence-corrected chi connectivity index (χ1v) is 9.15. The van der Waals surface area contributed by atoms with Crippen LogP contribution in [0.25, 0.3) is 0 Å². The quantitative estimate of drug-likeness (QED) is 0.922. The van der Waals surface area contributed by atoms with Gasteiger partial charge in [0.05, 0.1) is 10.8 Å². The fourth-order valence-corrected chi connectivity index (χ4v) is 4.76. The van der Waals surface area contributed by atoms with Crippen LogP contribution in [-0.4, -0.2) is 36.9 Å². The highest BCUT2D eigenvalue weighted by atomic mass is 32.2. The topological polar surface area (TPSA) is 74.7 Å². The van der Waals surface area contributed by atoms with Crippen molar-refractivity contribution in [3.63, 3.8) is 0 Å². The number of carbonyl (C=O) groups is 1. The van der Waals surface area contributed by atoms with Crippen molar-refractivity contribution in [2.45, 2.75) is 37.0 Å². The van der Waals surface area contributed by atoms with Gasteiger partial charge in [-0.3, -0.25) is 4.79 Å². The Hall–Kier alpha value is -1.40. The summed E-state index contributed by atoms with van der Waals surface area (Å²) in [4.78, 5) is 11.5. The Balaban J connectivity index is 1.82. The molecule has 6 heteroatoms. The second-order valence-electron chi connectivity index (χ2n) is 6.54. The Morgan fingerprint density at radius 1 is 1.18 bits per heavy atom. The van der Waals surface area contributed by atoms with Gasteiger partial charge < -0.3 is 5.11 Å². The van der Waals surface area contributed by atoms with Crippen LogP contribution in [0.3, 0.4) is 0 Å². The number of rotatable bonds is 4. The third kappa shape index (κ3) is 3.03. The van der Waals surface area contributed by atoms with E-state index in [0.29, 0.717) is 18.9 Å². The molecule has 0 spiro atoms. The Labute approximate surface area is 131 Å². The molecule has 0 aromatic heterocycles. The molecule has 1 aliphatic heterocycles. The molecular weight excluding hydrogens is 302 g/mol. The monoisotopic (exact) mass is 323 g/mol. The minimum absolute atomic E-state index is 0.0513. The maximum Gasteiger partial charge on any atom is 0.307 e. The lowest BCUT2D eigenvalue weighted by molar-refractivity contribution is -0.143. The normalized spacial score (nSPS) is 26.8. The van der Waals surface area contributed by atoms with E-state index in [4.69, 9.17) is 0 Å². The average molecular weight is 323 g/mol. The van der Waals surface area contributed by atoms with Crippen molar-refractivity contribution >= 4 is 16.0 Å². The lowest BCUT2D eigenvalue weighted by atomic mass is 9.92. The summed E-state index contributed by atoms with van der Waals surface area (Å²) in [5.41, 5.74) is 1.19. The van der Waals surface area contributed by atoms with Crippen molar-refractivity contribution in [1.82, 2.24) is 4.31 Å². The van der Waals surface area contributed by atoms with E-state index in [1.807, 2.05) is 19.1 Å². The zero-order valence-electron chi connectivity index (χ0n) is 12.6. The maximum absolute atomic E-state index is 12.7. The summed E-state index contributed by atoms with van der Waals surface area (Å²) in [5.74, 6) is -0.904. The number of hydrogen-bond acceptors (Lipinski definition) is 3. The number of aliphatic carboxylic acids is 1. The first-order valence-electron chi connectivity index (χ1n) is 7.71. The largest absolute Gasteiger partial charge is 0.481 e.